The van der Waals surface area contributed by atoms with Crippen molar-refractivity contribution in [2.75, 3.05) is 18.1 Å². The number of amides is 1. The van der Waals surface area contributed by atoms with Crippen LogP contribution in [0.1, 0.15) is 19.8 Å². The lowest BCUT2D eigenvalue weighted by Gasteiger charge is -2.32. The Morgan fingerprint density at radius 2 is 1.95 bits per heavy atom. The standard InChI is InChI=1S/C14H14F3NO3/c1-2-3-12(19)13-14(20)18(4-5-21-13)11-7-9(16)8(15)6-10(11)17/h6-7,13H,2-5H2,1H3. The number of ketones is 1. The van der Waals surface area contributed by atoms with Crippen LogP contribution in [0, 0.1) is 17.5 Å². The fraction of sp³-hybridized carbons (Fsp3) is 0.429. The number of anilines is 1. The van der Waals surface area contributed by atoms with E-state index in [2.05, 4.69) is 0 Å². The topological polar surface area (TPSA) is 46.6 Å². The summed E-state index contributed by atoms with van der Waals surface area (Å²) in [6.45, 7) is 1.76. The van der Waals surface area contributed by atoms with E-state index in [9.17, 15) is 22.8 Å². The third-order valence-electron chi connectivity index (χ3n) is 3.16. The summed E-state index contributed by atoms with van der Waals surface area (Å²) < 4.78 is 45.0. The summed E-state index contributed by atoms with van der Waals surface area (Å²) in [6.07, 6.45) is -0.609. The zero-order chi connectivity index (χ0) is 15.6. The van der Waals surface area contributed by atoms with Gasteiger partial charge in [0.2, 0.25) is 0 Å². The minimum absolute atomic E-state index is 0.0182. The predicted octanol–water partition coefficient (Wildman–Crippen LogP) is 2.20. The first-order chi connectivity index (χ1) is 9.95. The number of carbonyl (C=O) groups excluding carboxylic acids is 2. The molecule has 0 saturated carbocycles. The molecule has 1 atom stereocenters. The minimum Gasteiger partial charge on any atom is -0.359 e. The van der Waals surface area contributed by atoms with Gasteiger partial charge >= 0.3 is 0 Å². The molecule has 0 aromatic heterocycles. The number of morpholine rings is 1. The number of rotatable bonds is 4. The Morgan fingerprint density at radius 3 is 2.62 bits per heavy atom. The fourth-order valence-corrected chi connectivity index (χ4v) is 2.15. The Kier molecular flexibility index (Phi) is 4.62. The van der Waals surface area contributed by atoms with Gasteiger partial charge < -0.3 is 9.64 Å². The maximum absolute atomic E-state index is 13.7. The van der Waals surface area contributed by atoms with E-state index in [4.69, 9.17) is 4.74 Å². The van der Waals surface area contributed by atoms with Crippen LogP contribution in [-0.4, -0.2) is 30.9 Å². The van der Waals surface area contributed by atoms with E-state index in [0.29, 0.717) is 18.6 Å². The molecule has 0 spiro atoms. The van der Waals surface area contributed by atoms with Crippen LogP contribution in [0.4, 0.5) is 18.9 Å². The fourth-order valence-electron chi connectivity index (χ4n) is 2.15. The molecule has 1 unspecified atom stereocenters. The van der Waals surface area contributed by atoms with Crippen molar-refractivity contribution in [1.82, 2.24) is 0 Å². The normalized spacial score (nSPS) is 19.0. The van der Waals surface area contributed by atoms with Crippen LogP contribution in [0.5, 0.6) is 0 Å². The van der Waals surface area contributed by atoms with E-state index in [-0.39, 0.29) is 19.6 Å². The monoisotopic (exact) mass is 301 g/mol. The largest absolute Gasteiger partial charge is 0.359 e. The maximum atomic E-state index is 13.7. The Hall–Kier alpha value is -1.89. The van der Waals surface area contributed by atoms with Crippen LogP contribution < -0.4 is 4.90 Å². The number of halogens is 3. The van der Waals surface area contributed by atoms with E-state index in [1.54, 1.807) is 6.92 Å². The Morgan fingerprint density at radius 1 is 1.29 bits per heavy atom. The molecule has 1 aliphatic rings. The molecule has 7 heteroatoms. The second kappa shape index (κ2) is 6.26. The van der Waals surface area contributed by atoms with Gasteiger partial charge in [-0.25, -0.2) is 13.2 Å². The van der Waals surface area contributed by atoms with Gasteiger partial charge in [0.15, 0.2) is 23.5 Å². The number of hydrogen-bond acceptors (Lipinski definition) is 3. The van der Waals surface area contributed by atoms with Gasteiger partial charge in [0.25, 0.3) is 5.91 Å². The van der Waals surface area contributed by atoms with Crippen molar-refractivity contribution >= 4 is 17.4 Å². The maximum Gasteiger partial charge on any atom is 0.264 e. The molecular weight excluding hydrogens is 287 g/mol. The van der Waals surface area contributed by atoms with Crippen LogP contribution in [-0.2, 0) is 14.3 Å². The van der Waals surface area contributed by atoms with Crippen molar-refractivity contribution in [1.29, 1.82) is 0 Å². The van der Waals surface area contributed by atoms with E-state index in [1.165, 1.54) is 0 Å². The van der Waals surface area contributed by atoms with Crippen molar-refractivity contribution < 1.29 is 27.5 Å². The van der Waals surface area contributed by atoms with Gasteiger partial charge in [0.1, 0.15) is 5.82 Å². The predicted molar refractivity (Wildman–Crippen MR) is 68.3 cm³/mol. The molecule has 2 rings (SSSR count). The molecule has 21 heavy (non-hydrogen) atoms. The van der Waals surface area contributed by atoms with Gasteiger partial charge in [-0.05, 0) is 6.42 Å². The lowest BCUT2D eigenvalue weighted by molar-refractivity contribution is -0.145. The SMILES string of the molecule is CCCC(=O)C1OCCN(c2cc(F)c(F)cc2F)C1=O. The molecule has 1 heterocycles. The number of Topliss-reactive ketones (excluding diaryl/α,β-unsaturated/α-hetero) is 1. The average Bonchev–Trinajstić information content (AvgIpc) is 2.44. The van der Waals surface area contributed by atoms with Gasteiger partial charge in [-0.2, -0.15) is 0 Å². The zero-order valence-corrected chi connectivity index (χ0v) is 11.4. The van der Waals surface area contributed by atoms with Gasteiger partial charge in [-0.1, -0.05) is 6.92 Å². The third kappa shape index (κ3) is 3.07. The molecule has 4 nitrogen and oxygen atoms in total. The van der Waals surface area contributed by atoms with E-state index >= 15 is 0 Å². The summed E-state index contributed by atoms with van der Waals surface area (Å²) in [5.41, 5.74) is -0.392. The highest BCUT2D eigenvalue weighted by molar-refractivity contribution is 6.11. The van der Waals surface area contributed by atoms with E-state index < -0.39 is 40.9 Å². The molecule has 0 aliphatic carbocycles. The van der Waals surface area contributed by atoms with Crippen molar-refractivity contribution in [3.05, 3.63) is 29.6 Å². The van der Waals surface area contributed by atoms with Crippen molar-refractivity contribution in [2.24, 2.45) is 0 Å². The Balaban J connectivity index is 2.30. The molecule has 0 radical (unpaired) electrons. The van der Waals surface area contributed by atoms with Gasteiger partial charge in [-0.15, -0.1) is 0 Å². The summed E-state index contributed by atoms with van der Waals surface area (Å²) in [7, 11) is 0. The summed E-state index contributed by atoms with van der Waals surface area (Å²) >= 11 is 0. The first-order valence-electron chi connectivity index (χ1n) is 6.56. The molecule has 1 aliphatic heterocycles. The third-order valence-corrected chi connectivity index (χ3v) is 3.16. The molecule has 1 saturated heterocycles. The van der Waals surface area contributed by atoms with Crippen LogP contribution in [0.3, 0.4) is 0 Å². The molecule has 1 fully saturated rings. The Labute approximate surface area is 119 Å². The highest BCUT2D eigenvalue weighted by atomic mass is 19.2. The van der Waals surface area contributed by atoms with E-state index in [0.717, 1.165) is 4.90 Å². The molecular formula is C14H14F3NO3. The van der Waals surface area contributed by atoms with Gasteiger partial charge in [-0.3, -0.25) is 9.59 Å². The minimum atomic E-state index is -1.34. The molecule has 1 amide bonds. The first-order valence-corrected chi connectivity index (χ1v) is 6.56. The molecule has 114 valence electrons. The number of nitrogens with zero attached hydrogens (tertiary/aromatic N) is 1. The summed E-state index contributed by atoms with van der Waals surface area (Å²) in [6, 6.07) is 0.978. The molecule has 1 aromatic rings. The lowest BCUT2D eigenvalue weighted by Crippen LogP contribution is -2.51. The number of benzene rings is 1. The summed E-state index contributed by atoms with van der Waals surface area (Å²) in [5, 5.41) is 0. The second-order valence-corrected chi connectivity index (χ2v) is 4.67. The van der Waals surface area contributed by atoms with Crippen LogP contribution in [0.25, 0.3) is 0 Å². The van der Waals surface area contributed by atoms with Crippen molar-refractivity contribution in [3.63, 3.8) is 0 Å². The highest BCUT2D eigenvalue weighted by Gasteiger charge is 2.36. The Bertz CT molecular complexity index is 577. The van der Waals surface area contributed by atoms with Crippen LogP contribution in [0.15, 0.2) is 12.1 Å². The zero-order valence-electron chi connectivity index (χ0n) is 11.4. The van der Waals surface area contributed by atoms with Crippen LogP contribution in [0.2, 0.25) is 0 Å². The second-order valence-electron chi connectivity index (χ2n) is 4.67. The van der Waals surface area contributed by atoms with Crippen molar-refractivity contribution in [2.45, 2.75) is 25.9 Å². The highest BCUT2D eigenvalue weighted by Crippen LogP contribution is 2.25. The first kappa shape index (κ1) is 15.5. The van der Waals surface area contributed by atoms with Gasteiger partial charge in [0, 0.05) is 25.1 Å². The average molecular weight is 301 g/mol. The van der Waals surface area contributed by atoms with Gasteiger partial charge in [0.05, 0.1) is 12.3 Å². The quantitative estimate of drug-likeness (QED) is 0.633. The molecule has 1 aromatic carbocycles. The van der Waals surface area contributed by atoms with Crippen LogP contribution >= 0.6 is 0 Å². The summed E-state index contributed by atoms with van der Waals surface area (Å²) in [5.74, 6) is -4.83. The number of ether oxygens (including phenoxy) is 1. The number of carbonyl (C=O) groups is 2. The van der Waals surface area contributed by atoms with Crippen molar-refractivity contribution in [3.8, 4) is 0 Å². The smallest absolute Gasteiger partial charge is 0.264 e. The molecule has 0 N–H and O–H groups in total. The number of hydrogen-bond donors (Lipinski definition) is 0. The summed E-state index contributed by atoms with van der Waals surface area (Å²) in [4.78, 5) is 24.9. The molecule has 0 bridgehead atoms. The lowest BCUT2D eigenvalue weighted by atomic mass is 10.1. The van der Waals surface area contributed by atoms with E-state index in [1.807, 2.05) is 0 Å².